The van der Waals surface area contributed by atoms with E-state index in [2.05, 4.69) is 31.3 Å². The maximum Gasteiger partial charge on any atom is 0.119 e. The molecule has 19 heavy (non-hydrogen) atoms. The van der Waals surface area contributed by atoms with Gasteiger partial charge in [-0.1, -0.05) is 19.9 Å². The number of aryl methyl sites for hydroxylation is 1. The summed E-state index contributed by atoms with van der Waals surface area (Å²) < 4.78 is 5.33. The molecule has 0 bridgehead atoms. The first kappa shape index (κ1) is 14.4. The second-order valence-corrected chi connectivity index (χ2v) is 5.71. The van der Waals surface area contributed by atoms with Crippen molar-refractivity contribution in [2.75, 3.05) is 13.7 Å². The van der Waals surface area contributed by atoms with Crippen molar-refractivity contribution in [1.82, 2.24) is 5.32 Å². The molecule has 1 aliphatic carbocycles. The van der Waals surface area contributed by atoms with Gasteiger partial charge in [-0.05, 0) is 48.4 Å². The highest BCUT2D eigenvalue weighted by atomic mass is 16.5. The Balaban J connectivity index is 2.20. The molecular weight excluding hydrogens is 238 g/mol. The summed E-state index contributed by atoms with van der Waals surface area (Å²) >= 11 is 0. The quantitative estimate of drug-likeness (QED) is 0.858. The number of methoxy groups -OCH3 is 1. The number of rotatable bonds is 5. The van der Waals surface area contributed by atoms with E-state index in [9.17, 15) is 5.11 Å². The Morgan fingerprint density at radius 1 is 1.42 bits per heavy atom. The van der Waals surface area contributed by atoms with Gasteiger partial charge in [-0.25, -0.2) is 0 Å². The summed E-state index contributed by atoms with van der Waals surface area (Å²) in [6, 6.07) is 6.83. The summed E-state index contributed by atoms with van der Waals surface area (Å²) in [5, 5.41) is 13.1. The third-order valence-corrected chi connectivity index (χ3v) is 4.08. The summed E-state index contributed by atoms with van der Waals surface area (Å²) in [7, 11) is 1.71. The second kappa shape index (κ2) is 6.40. The molecule has 0 heterocycles. The molecule has 2 atom stereocenters. The first-order chi connectivity index (χ1) is 9.15. The van der Waals surface area contributed by atoms with E-state index >= 15 is 0 Å². The van der Waals surface area contributed by atoms with E-state index in [1.165, 1.54) is 17.5 Å². The predicted molar refractivity (Wildman–Crippen MR) is 77.5 cm³/mol. The molecule has 0 radical (unpaired) electrons. The lowest BCUT2D eigenvalue weighted by Gasteiger charge is -2.31. The molecule has 1 aromatic rings. The summed E-state index contributed by atoms with van der Waals surface area (Å²) in [4.78, 5) is 0. The minimum atomic E-state index is 0.155. The number of fused-ring (bicyclic) bond motifs is 1. The molecule has 1 aromatic carbocycles. The van der Waals surface area contributed by atoms with Gasteiger partial charge in [-0.15, -0.1) is 0 Å². The first-order valence-corrected chi connectivity index (χ1v) is 7.19. The van der Waals surface area contributed by atoms with Gasteiger partial charge < -0.3 is 15.2 Å². The van der Waals surface area contributed by atoms with Gasteiger partial charge >= 0.3 is 0 Å². The highest BCUT2D eigenvalue weighted by molar-refractivity contribution is 5.39. The van der Waals surface area contributed by atoms with Crippen molar-refractivity contribution in [1.29, 1.82) is 0 Å². The zero-order valence-electron chi connectivity index (χ0n) is 12.1. The van der Waals surface area contributed by atoms with Crippen LogP contribution in [0, 0.1) is 5.92 Å². The third-order valence-electron chi connectivity index (χ3n) is 4.08. The van der Waals surface area contributed by atoms with Crippen LogP contribution in [0.25, 0.3) is 0 Å². The third kappa shape index (κ3) is 3.28. The lowest BCUT2D eigenvalue weighted by Crippen LogP contribution is -2.40. The molecule has 0 spiro atoms. The van der Waals surface area contributed by atoms with Gasteiger partial charge in [0.15, 0.2) is 0 Å². The van der Waals surface area contributed by atoms with Crippen molar-refractivity contribution < 1.29 is 9.84 Å². The average Bonchev–Trinajstić information content (AvgIpc) is 2.43. The molecule has 3 nitrogen and oxygen atoms in total. The number of ether oxygens (including phenoxy) is 1. The van der Waals surface area contributed by atoms with Crippen LogP contribution >= 0.6 is 0 Å². The Hall–Kier alpha value is -1.06. The van der Waals surface area contributed by atoms with Gasteiger partial charge in [-0.2, -0.15) is 0 Å². The summed E-state index contributed by atoms with van der Waals surface area (Å²) in [6.07, 6.45) is 3.47. The fourth-order valence-electron chi connectivity index (χ4n) is 2.79. The lowest BCUT2D eigenvalue weighted by atomic mass is 9.86. The van der Waals surface area contributed by atoms with Gasteiger partial charge in [0, 0.05) is 12.1 Å². The number of hydrogen-bond donors (Lipinski definition) is 2. The number of aliphatic hydroxyl groups is 1. The van der Waals surface area contributed by atoms with Crippen molar-refractivity contribution in [3.05, 3.63) is 29.3 Å². The Morgan fingerprint density at radius 3 is 2.84 bits per heavy atom. The molecule has 0 saturated heterocycles. The van der Waals surface area contributed by atoms with E-state index in [-0.39, 0.29) is 12.6 Å². The average molecular weight is 263 g/mol. The van der Waals surface area contributed by atoms with Crippen molar-refractivity contribution in [2.45, 2.75) is 45.2 Å². The fourth-order valence-corrected chi connectivity index (χ4v) is 2.79. The van der Waals surface area contributed by atoms with E-state index in [4.69, 9.17) is 4.74 Å². The van der Waals surface area contributed by atoms with Crippen LogP contribution in [-0.4, -0.2) is 24.9 Å². The molecule has 0 fully saturated rings. The van der Waals surface area contributed by atoms with Gasteiger partial charge in [0.25, 0.3) is 0 Å². The minimum Gasteiger partial charge on any atom is -0.497 e. The van der Waals surface area contributed by atoms with Crippen LogP contribution in [0.4, 0.5) is 0 Å². The highest BCUT2D eigenvalue weighted by Crippen LogP contribution is 2.33. The number of benzene rings is 1. The molecule has 106 valence electrons. The topological polar surface area (TPSA) is 41.5 Å². The van der Waals surface area contributed by atoms with Crippen molar-refractivity contribution in [3.63, 3.8) is 0 Å². The van der Waals surface area contributed by atoms with Crippen molar-refractivity contribution >= 4 is 0 Å². The Morgan fingerprint density at radius 2 is 2.21 bits per heavy atom. The van der Waals surface area contributed by atoms with E-state index in [0.29, 0.717) is 12.0 Å². The maximum absolute atomic E-state index is 9.49. The SMILES string of the molecule is COc1ccc2c(c1)C(N[C@H](CO)C(C)C)CCC2. The molecule has 2 N–H and O–H groups in total. The minimum absolute atomic E-state index is 0.155. The molecule has 0 saturated carbocycles. The van der Waals surface area contributed by atoms with Crippen LogP contribution in [0.2, 0.25) is 0 Å². The van der Waals surface area contributed by atoms with Crippen molar-refractivity contribution in [2.24, 2.45) is 5.92 Å². The smallest absolute Gasteiger partial charge is 0.119 e. The predicted octanol–water partition coefficient (Wildman–Crippen LogP) is 2.68. The van der Waals surface area contributed by atoms with Crippen LogP contribution < -0.4 is 10.1 Å². The number of hydrogen-bond acceptors (Lipinski definition) is 3. The maximum atomic E-state index is 9.49. The molecule has 0 aromatic heterocycles. The van der Waals surface area contributed by atoms with Crippen molar-refractivity contribution in [3.8, 4) is 5.75 Å². The van der Waals surface area contributed by atoms with Crippen LogP contribution in [0.15, 0.2) is 18.2 Å². The zero-order chi connectivity index (χ0) is 13.8. The molecule has 3 heteroatoms. The summed E-state index contributed by atoms with van der Waals surface area (Å²) in [5.74, 6) is 1.35. The fraction of sp³-hybridized carbons (Fsp3) is 0.625. The molecule has 1 unspecified atom stereocenters. The molecule has 1 aliphatic rings. The standard InChI is InChI=1S/C16H25NO2/c1-11(2)16(10-18)17-15-6-4-5-12-7-8-13(19-3)9-14(12)15/h7-9,11,15-18H,4-6,10H2,1-3H3/t15?,16-/m1/s1. The Kier molecular flexibility index (Phi) is 4.83. The summed E-state index contributed by atoms with van der Waals surface area (Å²) in [5.41, 5.74) is 2.75. The summed E-state index contributed by atoms with van der Waals surface area (Å²) in [6.45, 7) is 4.47. The zero-order valence-corrected chi connectivity index (χ0v) is 12.1. The van der Waals surface area contributed by atoms with Gasteiger partial charge in [0.1, 0.15) is 5.75 Å². The van der Waals surface area contributed by atoms with Crippen LogP contribution in [0.5, 0.6) is 5.75 Å². The monoisotopic (exact) mass is 263 g/mol. The molecule has 2 rings (SSSR count). The van der Waals surface area contributed by atoms with E-state index < -0.39 is 0 Å². The first-order valence-electron chi connectivity index (χ1n) is 7.19. The lowest BCUT2D eigenvalue weighted by molar-refractivity contribution is 0.194. The number of aliphatic hydroxyl groups excluding tert-OH is 1. The van der Waals surface area contributed by atoms with E-state index in [1.807, 2.05) is 6.07 Å². The molecular formula is C16H25NO2. The van der Waals surface area contributed by atoms with E-state index in [0.717, 1.165) is 18.6 Å². The van der Waals surface area contributed by atoms with Gasteiger partial charge in [0.05, 0.1) is 13.7 Å². The Bertz CT molecular complexity index is 417. The van der Waals surface area contributed by atoms with E-state index in [1.54, 1.807) is 7.11 Å². The molecule has 0 amide bonds. The highest BCUT2D eigenvalue weighted by Gasteiger charge is 2.24. The van der Waals surface area contributed by atoms with Crippen LogP contribution in [0.1, 0.15) is 43.9 Å². The molecule has 0 aliphatic heterocycles. The second-order valence-electron chi connectivity index (χ2n) is 5.71. The number of nitrogens with one attached hydrogen (secondary N) is 1. The van der Waals surface area contributed by atoms with Gasteiger partial charge in [0.2, 0.25) is 0 Å². The van der Waals surface area contributed by atoms with Gasteiger partial charge in [-0.3, -0.25) is 0 Å². The van der Waals surface area contributed by atoms with Crippen LogP contribution in [0.3, 0.4) is 0 Å². The van der Waals surface area contributed by atoms with Crippen LogP contribution in [-0.2, 0) is 6.42 Å². The normalized spacial score (nSPS) is 20.2. The Labute approximate surface area is 116 Å². The largest absolute Gasteiger partial charge is 0.497 e.